The lowest BCUT2D eigenvalue weighted by molar-refractivity contribution is 0.554. The van der Waals surface area contributed by atoms with E-state index >= 15 is 0 Å². The van der Waals surface area contributed by atoms with Crippen LogP contribution in [0.2, 0.25) is 0 Å². The quantitative estimate of drug-likeness (QED) is 0.892. The largest absolute Gasteiger partial charge is 0.329 e. The molecular weight excluding hydrogens is 234 g/mol. The lowest BCUT2D eigenvalue weighted by Gasteiger charge is -2.13. The minimum absolute atomic E-state index is 0.478. The van der Waals surface area contributed by atoms with Crippen LogP contribution in [0.4, 0.5) is 0 Å². The highest BCUT2D eigenvalue weighted by Crippen LogP contribution is 2.13. The van der Waals surface area contributed by atoms with Crippen molar-refractivity contribution in [2.45, 2.75) is 46.8 Å². The molecule has 102 valence electrons. The molecule has 0 fully saturated rings. The van der Waals surface area contributed by atoms with Gasteiger partial charge in [0.05, 0.1) is 6.54 Å². The molecule has 0 spiro atoms. The first-order chi connectivity index (χ1) is 9.06. The summed E-state index contributed by atoms with van der Waals surface area (Å²) in [6.45, 7) is 10.3. The summed E-state index contributed by atoms with van der Waals surface area (Å²) in [6, 6.07) is 7.09. The van der Waals surface area contributed by atoms with Crippen LogP contribution in [0.1, 0.15) is 36.4 Å². The Balaban J connectivity index is 2.15. The second-order valence-electron chi connectivity index (χ2n) is 5.44. The first kappa shape index (κ1) is 13.8. The van der Waals surface area contributed by atoms with Gasteiger partial charge in [0.1, 0.15) is 5.82 Å². The summed E-state index contributed by atoms with van der Waals surface area (Å²) in [7, 11) is 0. The fourth-order valence-corrected chi connectivity index (χ4v) is 2.10. The average molecular weight is 257 g/mol. The highest BCUT2D eigenvalue weighted by Gasteiger charge is 2.06. The summed E-state index contributed by atoms with van der Waals surface area (Å²) in [5.74, 6) is 1.09. The molecule has 1 aromatic heterocycles. The lowest BCUT2D eigenvalue weighted by atomic mass is 10.1. The number of aryl methyl sites for hydroxylation is 2. The van der Waals surface area contributed by atoms with Crippen LogP contribution < -0.4 is 5.32 Å². The van der Waals surface area contributed by atoms with Crippen molar-refractivity contribution in [3.05, 3.63) is 53.1 Å². The third-order valence-electron chi connectivity index (χ3n) is 3.32. The molecule has 0 radical (unpaired) electrons. The molecule has 2 rings (SSSR count). The first-order valence-electron chi connectivity index (χ1n) is 6.86. The minimum Gasteiger partial charge on any atom is -0.329 e. The van der Waals surface area contributed by atoms with Crippen molar-refractivity contribution >= 4 is 0 Å². The second-order valence-corrected chi connectivity index (χ2v) is 5.44. The molecule has 3 heteroatoms. The zero-order valence-corrected chi connectivity index (χ0v) is 12.3. The van der Waals surface area contributed by atoms with Gasteiger partial charge in [-0.05, 0) is 25.0 Å². The van der Waals surface area contributed by atoms with Crippen molar-refractivity contribution in [1.29, 1.82) is 0 Å². The van der Waals surface area contributed by atoms with Crippen LogP contribution in [0.25, 0.3) is 0 Å². The Morgan fingerprint density at radius 2 is 2.05 bits per heavy atom. The molecule has 1 aromatic carbocycles. The van der Waals surface area contributed by atoms with Crippen molar-refractivity contribution < 1.29 is 0 Å². The van der Waals surface area contributed by atoms with Gasteiger partial charge in [-0.15, -0.1) is 0 Å². The van der Waals surface area contributed by atoms with Crippen LogP contribution in [-0.2, 0) is 13.1 Å². The number of nitrogens with one attached hydrogen (secondary N) is 1. The first-order valence-corrected chi connectivity index (χ1v) is 6.86. The second kappa shape index (κ2) is 6.02. The molecular formula is C16H23N3. The van der Waals surface area contributed by atoms with E-state index in [9.17, 15) is 0 Å². The number of imidazole rings is 1. The topological polar surface area (TPSA) is 29.9 Å². The predicted octanol–water partition coefficient (Wildman–Crippen LogP) is 3.05. The van der Waals surface area contributed by atoms with E-state index < -0.39 is 0 Å². The maximum absolute atomic E-state index is 4.44. The van der Waals surface area contributed by atoms with Gasteiger partial charge >= 0.3 is 0 Å². The Bertz CT molecular complexity index is 541. The molecule has 2 aromatic rings. The van der Waals surface area contributed by atoms with E-state index in [-0.39, 0.29) is 0 Å². The molecule has 0 aliphatic carbocycles. The zero-order valence-electron chi connectivity index (χ0n) is 12.3. The maximum Gasteiger partial charge on any atom is 0.122 e. The van der Waals surface area contributed by atoms with E-state index in [1.54, 1.807) is 0 Å². The third kappa shape index (κ3) is 3.67. The van der Waals surface area contributed by atoms with Crippen LogP contribution in [-0.4, -0.2) is 15.6 Å². The van der Waals surface area contributed by atoms with Gasteiger partial charge in [0.15, 0.2) is 0 Å². The van der Waals surface area contributed by atoms with Gasteiger partial charge < -0.3 is 9.88 Å². The maximum atomic E-state index is 4.44. The molecule has 0 saturated carbocycles. The Labute approximate surface area is 115 Å². The number of rotatable bonds is 5. The van der Waals surface area contributed by atoms with E-state index in [4.69, 9.17) is 0 Å². The molecule has 0 bridgehead atoms. The lowest BCUT2D eigenvalue weighted by Crippen LogP contribution is -2.24. The van der Waals surface area contributed by atoms with E-state index in [1.807, 2.05) is 6.20 Å². The molecule has 0 saturated heterocycles. The van der Waals surface area contributed by atoms with E-state index in [1.165, 1.54) is 16.7 Å². The highest BCUT2D eigenvalue weighted by molar-refractivity contribution is 5.30. The van der Waals surface area contributed by atoms with Crippen LogP contribution in [0.15, 0.2) is 30.6 Å². The molecule has 0 unspecified atom stereocenters. The highest BCUT2D eigenvalue weighted by atomic mass is 15.1. The van der Waals surface area contributed by atoms with Crippen molar-refractivity contribution in [2.75, 3.05) is 0 Å². The summed E-state index contributed by atoms with van der Waals surface area (Å²) >= 11 is 0. The van der Waals surface area contributed by atoms with Crippen LogP contribution >= 0.6 is 0 Å². The zero-order chi connectivity index (χ0) is 13.8. The van der Waals surface area contributed by atoms with Crippen LogP contribution in [0.5, 0.6) is 0 Å². The van der Waals surface area contributed by atoms with Gasteiger partial charge in [-0.3, -0.25) is 0 Å². The van der Waals surface area contributed by atoms with Gasteiger partial charge in [-0.1, -0.05) is 37.6 Å². The van der Waals surface area contributed by atoms with Crippen molar-refractivity contribution in [1.82, 2.24) is 14.9 Å². The number of benzene rings is 1. The summed E-state index contributed by atoms with van der Waals surface area (Å²) in [5, 5.41) is 3.42. The van der Waals surface area contributed by atoms with Crippen molar-refractivity contribution in [3.8, 4) is 0 Å². The fourth-order valence-electron chi connectivity index (χ4n) is 2.10. The minimum atomic E-state index is 0.478. The fraction of sp³-hybridized carbons (Fsp3) is 0.438. The van der Waals surface area contributed by atoms with E-state index in [0.29, 0.717) is 6.04 Å². The molecule has 19 heavy (non-hydrogen) atoms. The summed E-state index contributed by atoms with van der Waals surface area (Å²) in [6.07, 6.45) is 3.93. The normalized spacial score (nSPS) is 11.2. The SMILES string of the molecule is Cc1ccc(C)c(Cn2ccnc2CNC(C)C)c1. The smallest absolute Gasteiger partial charge is 0.122 e. The van der Waals surface area contributed by atoms with Gasteiger partial charge in [-0.25, -0.2) is 4.98 Å². The summed E-state index contributed by atoms with van der Waals surface area (Å²) in [5.41, 5.74) is 4.01. The van der Waals surface area contributed by atoms with Crippen molar-refractivity contribution in [2.24, 2.45) is 0 Å². The standard InChI is InChI=1S/C16H23N3/c1-12(2)18-10-16-17-7-8-19(16)11-15-9-13(3)5-6-14(15)4/h5-9,12,18H,10-11H2,1-4H3. The number of hydrogen-bond donors (Lipinski definition) is 1. The predicted molar refractivity (Wildman–Crippen MR) is 79.2 cm³/mol. The Morgan fingerprint density at radius 1 is 1.26 bits per heavy atom. The van der Waals surface area contributed by atoms with E-state index in [0.717, 1.165) is 18.9 Å². The number of aromatic nitrogens is 2. The van der Waals surface area contributed by atoms with Gasteiger partial charge in [0.2, 0.25) is 0 Å². The number of nitrogens with zero attached hydrogens (tertiary/aromatic N) is 2. The van der Waals surface area contributed by atoms with Gasteiger partial charge in [0, 0.05) is 25.0 Å². The monoisotopic (exact) mass is 257 g/mol. The molecule has 0 aliphatic heterocycles. The Hall–Kier alpha value is -1.61. The van der Waals surface area contributed by atoms with Crippen molar-refractivity contribution in [3.63, 3.8) is 0 Å². The molecule has 3 nitrogen and oxygen atoms in total. The summed E-state index contributed by atoms with van der Waals surface area (Å²) < 4.78 is 2.22. The molecule has 1 N–H and O–H groups in total. The molecule has 0 aliphatic rings. The molecule has 0 atom stereocenters. The van der Waals surface area contributed by atoms with Crippen LogP contribution in [0, 0.1) is 13.8 Å². The average Bonchev–Trinajstić information content (AvgIpc) is 2.79. The van der Waals surface area contributed by atoms with Gasteiger partial charge in [-0.2, -0.15) is 0 Å². The Morgan fingerprint density at radius 3 is 2.79 bits per heavy atom. The molecule has 0 amide bonds. The number of hydrogen-bond acceptors (Lipinski definition) is 2. The van der Waals surface area contributed by atoms with E-state index in [2.05, 4.69) is 67.0 Å². The van der Waals surface area contributed by atoms with Crippen LogP contribution in [0.3, 0.4) is 0 Å². The molecule has 1 heterocycles. The Kier molecular flexibility index (Phi) is 4.38. The van der Waals surface area contributed by atoms with Gasteiger partial charge in [0.25, 0.3) is 0 Å². The summed E-state index contributed by atoms with van der Waals surface area (Å²) in [4.78, 5) is 4.44. The third-order valence-corrected chi connectivity index (χ3v) is 3.32.